The molecule has 0 bridgehead atoms. The van der Waals surface area contributed by atoms with Crippen LogP contribution in [0.1, 0.15) is 19.8 Å². The lowest BCUT2D eigenvalue weighted by Gasteiger charge is -2.07. The number of nitrogens with two attached hydrogens (primary N) is 1. The van der Waals surface area contributed by atoms with E-state index in [1.54, 1.807) is 12.4 Å². The first kappa shape index (κ1) is 11.9. The van der Waals surface area contributed by atoms with Gasteiger partial charge in [-0.1, -0.05) is 13.3 Å². The maximum atomic E-state index is 5.86. The first-order valence-electron chi connectivity index (χ1n) is 5.96. The summed E-state index contributed by atoms with van der Waals surface area (Å²) in [5.41, 5.74) is 7.71. The molecule has 2 aromatic heterocycles. The minimum atomic E-state index is 0.520. The van der Waals surface area contributed by atoms with Crippen molar-refractivity contribution in [1.82, 2.24) is 14.5 Å². The zero-order valence-corrected chi connectivity index (χ0v) is 10.1. The van der Waals surface area contributed by atoms with Gasteiger partial charge in [0.1, 0.15) is 5.52 Å². The number of imidazole rings is 1. The van der Waals surface area contributed by atoms with Crippen LogP contribution in [0.25, 0.3) is 11.0 Å². The minimum absolute atomic E-state index is 0.520. The molecule has 17 heavy (non-hydrogen) atoms. The molecule has 0 spiro atoms. The van der Waals surface area contributed by atoms with E-state index in [0.29, 0.717) is 12.6 Å². The lowest BCUT2D eigenvalue weighted by atomic mass is 10.4. The number of aromatic nitrogens is 3. The fraction of sp³-hybridized carbons (Fsp3) is 0.500. The first-order valence-corrected chi connectivity index (χ1v) is 5.96. The van der Waals surface area contributed by atoms with Crippen molar-refractivity contribution in [2.24, 2.45) is 0 Å². The van der Waals surface area contributed by atoms with Gasteiger partial charge in [-0.05, 0) is 12.5 Å². The van der Waals surface area contributed by atoms with E-state index in [-0.39, 0.29) is 0 Å². The molecule has 0 aliphatic rings. The van der Waals surface area contributed by atoms with Crippen LogP contribution in [0.2, 0.25) is 0 Å². The van der Waals surface area contributed by atoms with Gasteiger partial charge in [0.25, 0.3) is 0 Å². The molecule has 0 aliphatic carbocycles. The molecule has 0 amide bonds. The molecule has 0 aliphatic heterocycles. The van der Waals surface area contributed by atoms with E-state index in [2.05, 4.69) is 16.9 Å². The highest BCUT2D eigenvalue weighted by molar-refractivity contribution is 5.76. The molecule has 5 heteroatoms. The van der Waals surface area contributed by atoms with Crippen LogP contribution < -0.4 is 5.73 Å². The third-order valence-corrected chi connectivity index (χ3v) is 2.68. The number of rotatable bonds is 6. The molecule has 0 saturated heterocycles. The third-order valence-electron chi connectivity index (χ3n) is 2.68. The Kier molecular flexibility index (Phi) is 3.93. The van der Waals surface area contributed by atoms with Crippen molar-refractivity contribution in [3.63, 3.8) is 0 Å². The van der Waals surface area contributed by atoms with E-state index in [9.17, 15) is 0 Å². The summed E-state index contributed by atoms with van der Waals surface area (Å²) in [4.78, 5) is 8.28. The van der Waals surface area contributed by atoms with Gasteiger partial charge >= 0.3 is 0 Å². The van der Waals surface area contributed by atoms with Gasteiger partial charge in [-0.15, -0.1) is 0 Å². The Hall–Kier alpha value is -1.62. The zero-order chi connectivity index (χ0) is 12.1. The van der Waals surface area contributed by atoms with Crippen LogP contribution in [-0.2, 0) is 11.3 Å². The highest BCUT2D eigenvalue weighted by atomic mass is 16.5. The largest absolute Gasteiger partial charge is 0.380 e. The molecule has 0 unspecified atom stereocenters. The Morgan fingerprint density at radius 1 is 1.41 bits per heavy atom. The predicted octanol–water partition coefficient (Wildman–Crippen LogP) is 1.83. The Labute approximate surface area is 101 Å². The SMILES string of the molecule is CCCCOCCn1c(N)nc2cnccc21. The first-order chi connectivity index (χ1) is 8.33. The molecule has 92 valence electrons. The van der Waals surface area contributed by atoms with Gasteiger partial charge < -0.3 is 15.0 Å². The second-order valence-corrected chi connectivity index (χ2v) is 3.95. The lowest BCUT2D eigenvalue weighted by Crippen LogP contribution is -2.09. The van der Waals surface area contributed by atoms with Gasteiger partial charge in [0, 0.05) is 19.3 Å². The van der Waals surface area contributed by atoms with Crippen LogP contribution in [-0.4, -0.2) is 27.7 Å². The van der Waals surface area contributed by atoms with Crippen molar-refractivity contribution in [2.45, 2.75) is 26.3 Å². The van der Waals surface area contributed by atoms with Gasteiger partial charge in [0.05, 0.1) is 18.3 Å². The summed E-state index contributed by atoms with van der Waals surface area (Å²) in [7, 11) is 0. The summed E-state index contributed by atoms with van der Waals surface area (Å²) in [6.45, 7) is 4.36. The number of hydrogen-bond donors (Lipinski definition) is 1. The van der Waals surface area contributed by atoms with E-state index < -0.39 is 0 Å². The van der Waals surface area contributed by atoms with Gasteiger partial charge in [-0.3, -0.25) is 4.98 Å². The Balaban J connectivity index is 2.00. The molecular formula is C12H18N4O. The highest BCUT2D eigenvalue weighted by Crippen LogP contribution is 2.15. The summed E-state index contributed by atoms with van der Waals surface area (Å²) in [5, 5.41) is 0. The van der Waals surface area contributed by atoms with Crippen LogP contribution in [0.15, 0.2) is 18.5 Å². The topological polar surface area (TPSA) is 66.0 Å². The highest BCUT2D eigenvalue weighted by Gasteiger charge is 2.06. The van der Waals surface area contributed by atoms with Crippen molar-refractivity contribution in [1.29, 1.82) is 0 Å². The molecule has 0 fully saturated rings. The van der Waals surface area contributed by atoms with Crippen LogP contribution in [0.5, 0.6) is 0 Å². The Morgan fingerprint density at radius 2 is 2.29 bits per heavy atom. The summed E-state index contributed by atoms with van der Waals surface area (Å²) >= 11 is 0. The molecule has 2 aromatic rings. The van der Waals surface area contributed by atoms with Crippen LogP contribution in [0, 0.1) is 0 Å². The standard InChI is InChI=1S/C12H18N4O/c1-2-3-7-17-8-6-16-11-4-5-14-9-10(11)15-12(16)13/h4-5,9H,2-3,6-8H2,1H3,(H2,13,15). The van der Waals surface area contributed by atoms with Crippen LogP contribution in [0.3, 0.4) is 0 Å². The van der Waals surface area contributed by atoms with Crippen molar-refractivity contribution in [3.05, 3.63) is 18.5 Å². The summed E-state index contributed by atoms with van der Waals surface area (Å²) in [6, 6.07) is 1.92. The van der Waals surface area contributed by atoms with E-state index in [0.717, 1.165) is 37.0 Å². The number of ether oxygens (including phenoxy) is 1. The zero-order valence-electron chi connectivity index (χ0n) is 10.1. The molecule has 5 nitrogen and oxygen atoms in total. The van der Waals surface area contributed by atoms with Gasteiger partial charge in [0.15, 0.2) is 0 Å². The molecule has 0 saturated carbocycles. The summed E-state index contributed by atoms with van der Waals surface area (Å²) in [6.07, 6.45) is 5.73. The van der Waals surface area contributed by atoms with E-state index in [1.807, 2.05) is 10.6 Å². The maximum absolute atomic E-state index is 5.86. The second kappa shape index (κ2) is 5.63. The number of nitrogens with zero attached hydrogens (tertiary/aromatic N) is 3. The van der Waals surface area contributed by atoms with Crippen molar-refractivity contribution >= 4 is 17.0 Å². The van der Waals surface area contributed by atoms with Gasteiger partial charge in [-0.2, -0.15) is 0 Å². The summed E-state index contributed by atoms with van der Waals surface area (Å²) in [5.74, 6) is 0.520. The van der Waals surface area contributed by atoms with E-state index >= 15 is 0 Å². The third kappa shape index (κ3) is 2.74. The van der Waals surface area contributed by atoms with E-state index in [4.69, 9.17) is 10.5 Å². The van der Waals surface area contributed by atoms with Crippen molar-refractivity contribution < 1.29 is 4.74 Å². The van der Waals surface area contributed by atoms with Crippen LogP contribution in [0.4, 0.5) is 5.95 Å². The van der Waals surface area contributed by atoms with Crippen LogP contribution >= 0.6 is 0 Å². The number of hydrogen-bond acceptors (Lipinski definition) is 4. The number of anilines is 1. The predicted molar refractivity (Wildman–Crippen MR) is 67.7 cm³/mol. The monoisotopic (exact) mass is 234 g/mol. The quantitative estimate of drug-likeness (QED) is 0.774. The van der Waals surface area contributed by atoms with Crippen molar-refractivity contribution in [3.8, 4) is 0 Å². The van der Waals surface area contributed by atoms with E-state index in [1.165, 1.54) is 0 Å². The average molecular weight is 234 g/mol. The molecule has 0 aromatic carbocycles. The summed E-state index contributed by atoms with van der Waals surface area (Å²) < 4.78 is 7.49. The average Bonchev–Trinajstić information content (AvgIpc) is 2.65. The minimum Gasteiger partial charge on any atom is -0.380 e. The molecule has 0 radical (unpaired) electrons. The normalized spacial score (nSPS) is 11.1. The second-order valence-electron chi connectivity index (χ2n) is 3.95. The number of unbranched alkanes of at least 4 members (excludes halogenated alkanes) is 1. The smallest absolute Gasteiger partial charge is 0.201 e. The number of nitrogen functional groups attached to an aromatic ring is 1. The maximum Gasteiger partial charge on any atom is 0.201 e. The number of pyridine rings is 1. The van der Waals surface area contributed by atoms with Gasteiger partial charge in [0.2, 0.25) is 5.95 Å². The lowest BCUT2D eigenvalue weighted by molar-refractivity contribution is 0.124. The molecule has 2 N–H and O–H groups in total. The number of fused-ring (bicyclic) bond motifs is 1. The van der Waals surface area contributed by atoms with Crippen molar-refractivity contribution in [2.75, 3.05) is 18.9 Å². The molecule has 2 rings (SSSR count). The fourth-order valence-corrected chi connectivity index (χ4v) is 1.74. The molecule has 2 heterocycles. The molecule has 0 atom stereocenters. The Bertz CT molecular complexity index is 480. The molecular weight excluding hydrogens is 216 g/mol. The Morgan fingerprint density at radius 3 is 3.12 bits per heavy atom. The fourth-order valence-electron chi connectivity index (χ4n) is 1.74. The van der Waals surface area contributed by atoms with Gasteiger partial charge in [-0.25, -0.2) is 4.98 Å².